The molecule has 136 valence electrons. The number of nitrogens with two attached hydrogens (primary N) is 1. The highest BCUT2D eigenvalue weighted by molar-refractivity contribution is 5.32. The molecule has 6 nitrogen and oxygen atoms in total. The average molecular weight is 354 g/mol. The lowest BCUT2D eigenvalue weighted by molar-refractivity contribution is 0.138. The van der Waals surface area contributed by atoms with Crippen molar-refractivity contribution >= 4 is 0 Å². The molecule has 4 atom stereocenters. The second-order valence-electron chi connectivity index (χ2n) is 7.46. The Morgan fingerprint density at radius 2 is 2.04 bits per heavy atom. The van der Waals surface area contributed by atoms with E-state index in [1.807, 2.05) is 12.1 Å². The number of hydrogen-bond donors (Lipinski definition) is 2. The van der Waals surface area contributed by atoms with Crippen molar-refractivity contribution in [3.63, 3.8) is 0 Å². The fraction of sp³-hybridized carbons (Fsp3) is 0.526. The molecule has 1 aliphatic carbocycles. The van der Waals surface area contributed by atoms with Crippen LogP contribution in [0.5, 0.6) is 0 Å². The van der Waals surface area contributed by atoms with Crippen LogP contribution in [0.2, 0.25) is 0 Å². The van der Waals surface area contributed by atoms with Crippen molar-refractivity contribution in [1.29, 1.82) is 5.26 Å². The predicted octanol–water partition coefficient (Wildman–Crippen LogP) is 2.27. The summed E-state index contributed by atoms with van der Waals surface area (Å²) in [5, 5.41) is 20.3. The summed E-state index contributed by atoms with van der Waals surface area (Å²) >= 11 is 0. The standard InChI is InChI=1S/C19H23FN6/c20-14-5-3-12(4-6-14)13-8-16(19-17(10-21)23-25-24-19)18(9-13)26-7-1-2-15(22)11-26/h3-6,13,15-16,18H,1-2,7-9,11,22H2,(H,23,24,25)/t13?,15-,16?,18?/m1/s1. The summed E-state index contributed by atoms with van der Waals surface area (Å²) in [5.74, 6) is 0.223. The van der Waals surface area contributed by atoms with Gasteiger partial charge in [0.05, 0.1) is 0 Å². The van der Waals surface area contributed by atoms with Gasteiger partial charge in [-0.2, -0.15) is 15.6 Å². The molecule has 4 rings (SSSR count). The third kappa shape index (κ3) is 3.22. The predicted molar refractivity (Wildman–Crippen MR) is 94.8 cm³/mol. The number of likely N-dealkylation sites (tertiary alicyclic amines) is 1. The van der Waals surface area contributed by atoms with Crippen molar-refractivity contribution in [3.8, 4) is 6.07 Å². The Labute approximate surface area is 152 Å². The lowest BCUT2D eigenvalue weighted by atomic mass is 9.93. The van der Waals surface area contributed by atoms with Gasteiger partial charge in [0.2, 0.25) is 0 Å². The van der Waals surface area contributed by atoms with Gasteiger partial charge < -0.3 is 5.73 Å². The minimum absolute atomic E-state index is 0.128. The zero-order chi connectivity index (χ0) is 18.1. The zero-order valence-corrected chi connectivity index (χ0v) is 14.6. The van der Waals surface area contributed by atoms with E-state index >= 15 is 0 Å². The summed E-state index contributed by atoms with van der Waals surface area (Å²) < 4.78 is 13.3. The maximum absolute atomic E-state index is 13.3. The highest BCUT2D eigenvalue weighted by atomic mass is 19.1. The van der Waals surface area contributed by atoms with Crippen molar-refractivity contribution in [2.75, 3.05) is 13.1 Å². The lowest BCUT2D eigenvalue weighted by Gasteiger charge is -2.37. The Kier molecular flexibility index (Phi) is 4.70. The smallest absolute Gasteiger partial charge is 0.185 e. The van der Waals surface area contributed by atoms with E-state index in [0.29, 0.717) is 11.6 Å². The summed E-state index contributed by atoms with van der Waals surface area (Å²) in [6.45, 7) is 1.89. The van der Waals surface area contributed by atoms with Gasteiger partial charge >= 0.3 is 0 Å². The second-order valence-corrected chi connectivity index (χ2v) is 7.46. The number of nitrogens with zero attached hydrogens (tertiary/aromatic N) is 4. The van der Waals surface area contributed by atoms with E-state index in [1.54, 1.807) is 0 Å². The third-order valence-corrected chi connectivity index (χ3v) is 5.86. The van der Waals surface area contributed by atoms with Gasteiger partial charge in [-0.1, -0.05) is 12.1 Å². The first-order valence-electron chi connectivity index (χ1n) is 9.21. The molecule has 0 bridgehead atoms. The maximum Gasteiger partial charge on any atom is 0.185 e. The van der Waals surface area contributed by atoms with Gasteiger partial charge in [0.1, 0.15) is 17.6 Å². The molecule has 7 heteroatoms. The normalized spacial score (nSPS) is 29.6. The Bertz CT molecular complexity index is 795. The van der Waals surface area contributed by atoms with Crippen molar-refractivity contribution in [2.24, 2.45) is 5.73 Å². The fourth-order valence-electron chi connectivity index (χ4n) is 4.64. The monoisotopic (exact) mass is 354 g/mol. The van der Waals surface area contributed by atoms with Crippen molar-refractivity contribution < 1.29 is 4.39 Å². The second kappa shape index (κ2) is 7.14. The van der Waals surface area contributed by atoms with Crippen LogP contribution in [0.3, 0.4) is 0 Å². The van der Waals surface area contributed by atoms with Gasteiger partial charge in [-0.3, -0.25) is 4.90 Å². The van der Waals surface area contributed by atoms with Crippen molar-refractivity contribution in [3.05, 3.63) is 47.0 Å². The molecule has 1 saturated carbocycles. The minimum atomic E-state index is -0.217. The number of piperidine rings is 1. The molecule has 2 heterocycles. The molecule has 2 aliphatic rings. The molecule has 26 heavy (non-hydrogen) atoms. The van der Waals surface area contributed by atoms with E-state index in [-0.39, 0.29) is 23.8 Å². The van der Waals surface area contributed by atoms with Crippen LogP contribution in [0, 0.1) is 17.1 Å². The molecule has 1 aromatic heterocycles. The Morgan fingerprint density at radius 1 is 1.23 bits per heavy atom. The van der Waals surface area contributed by atoms with E-state index in [1.165, 1.54) is 12.1 Å². The van der Waals surface area contributed by atoms with Gasteiger partial charge in [-0.15, -0.1) is 5.10 Å². The van der Waals surface area contributed by atoms with Crippen LogP contribution in [-0.4, -0.2) is 45.5 Å². The molecule has 1 aliphatic heterocycles. The molecule has 0 spiro atoms. The Hall–Kier alpha value is -2.30. The molecular weight excluding hydrogens is 331 g/mol. The summed E-state index contributed by atoms with van der Waals surface area (Å²) in [6.07, 6.45) is 3.99. The first-order valence-corrected chi connectivity index (χ1v) is 9.21. The molecule has 1 aromatic carbocycles. The van der Waals surface area contributed by atoms with Crippen LogP contribution in [0.1, 0.15) is 54.5 Å². The number of benzene rings is 1. The lowest BCUT2D eigenvalue weighted by Crippen LogP contribution is -2.48. The van der Waals surface area contributed by atoms with Crippen LogP contribution >= 0.6 is 0 Å². The number of rotatable bonds is 3. The topological polar surface area (TPSA) is 94.6 Å². The van der Waals surface area contributed by atoms with Gasteiger partial charge in [0.25, 0.3) is 0 Å². The molecule has 3 N–H and O–H groups in total. The summed E-state index contributed by atoms with van der Waals surface area (Å²) in [6, 6.07) is 9.40. The van der Waals surface area contributed by atoms with Gasteiger partial charge in [0.15, 0.2) is 5.69 Å². The quantitative estimate of drug-likeness (QED) is 0.882. The Balaban J connectivity index is 1.64. The van der Waals surface area contributed by atoms with Crippen LogP contribution in [-0.2, 0) is 0 Å². The molecule has 3 unspecified atom stereocenters. The van der Waals surface area contributed by atoms with Crippen LogP contribution in [0.4, 0.5) is 4.39 Å². The largest absolute Gasteiger partial charge is 0.327 e. The first-order chi connectivity index (χ1) is 12.7. The number of nitriles is 1. The number of halogens is 1. The Morgan fingerprint density at radius 3 is 2.77 bits per heavy atom. The molecule has 0 radical (unpaired) electrons. The molecule has 2 aromatic rings. The fourth-order valence-corrected chi connectivity index (χ4v) is 4.64. The molecule has 2 fully saturated rings. The number of H-pyrrole nitrogens is 1. The average Bonchev–Trinajstić information content (AvgIpc) is 3.28. The van der Waals surface area contributed by atoms with Crippen LogP contribution < -0.4 is 5.73 Å². The van der Waals surface area contributed by atoms with E-state index in [2.05, 4.69) is 26.4 Å². The van der Waals surface area contributed by atoms with Crippen molar-refractivity contribution in [2.45, 2.75) is 49.6 Å². The zero-order valence-electron chi connectivity index (χ0n) is 14.6. The summed E-state index contributed by atoms with van der Waals surface area (Å²) in [4.78, 5) is 2.46. The highest BCUT2D eigenvalue weighted by Crippen LogP contribution is 2.46. The van der Waals surface area contributed by atoms with Gasteiger partial charge in [-0.25, -0.2) is 4.39 Å². The maximum atomic E-state index is 13.3. The minimum Gasteiger partial charge on any atom is -0.327 e. The molecular formula is C19H23FN6. The van der Waals surface area contributed by atoms with E-state index in [4.69, 9.17) is 5.73 Å². The number of nitrogens with one attached hydrogen (secondary N) is 1. The van der Waals surface area contributed by atoms with Crippen LogP contribution in [0.25, 0.3) is 0 Å². The van der Waals surface area contributed by atoms with Gasteiger partial charge in [0, 0.05) is 24.5 Å². The number of aromatic nitrogens is 3. The molecule has 1 saturated heterocycles. The SMILES string of the molecule is N#Cc1n[nH]nc1C1CC(c2ccc(F)cc2)CC1N1CCC[C@@H](N)C1. The van der Waals surface area contributed by atoms with E-state index in [9.17, 15) is 9.65 Å². The highest BCUT2D eigenvalue weighted by Gasteiger charge is 2.42. The van der Waals surface area contributed by atoms with Crippen molar-refractivity contribution in [1.82, 2.24) is 20.3 Å². The number of hydrogen-bond acceptors (Lipinski definition) is 5. The summed E-state index contributed by atoms with van der Waals surface area (Å²) in [7, 11) is 0. The van der Waals surface area contributed by atoms with E-state index in [0.717, 1.165) is 50.0 Å². The summed E-state index contributed by atoms with van der Waals surface area (Å²) in [5.41, 5.74) is 8.47. The third-order valence-electron chi connectivity index (χ3n) is 5.86. The van der Waals surface area contributed by atoms with E-state index < -0.39 is 0 Å². The number of aromatic amines is 1. The van der Waals surface area contributed by atoms with Crippen LogP contribution in [0.15, 0.2) is 24.3 Å². The van der Waals surface area contributed by atoms with Gasteiger partial charge in [-0.05, 0) is 55.8 Å². The first kappa shape index (κ1) is 17.1. The molecule has 0 amide bonds.